The summed E-state index contributed by atoms with van der Waals surface area (Å²) in [6, 6.07) is 13.0. The van der Waals surface area contributed by atoms with Gasteiger partial charge in [-0.25, -0.2) is 8.42 Å². The van der Waals surface area contributed by atoms with Crippen LogP contribution in [0.4, 0.5) is 11.4 Å². The van der Waals surface area contributed by atoms with Crippen molar-refractivity contribution in [3.8, 4) is 0 Å². The molecule has 1 atom stereocenters. The van der Waals surface area contributed by atoms with Crippen LogP contribution in [0, 0.1) is 0 Å². The third-order valence-corrected chi connectivity index (χ3v) is 5.39. The fourth-order valence-corrected chi connectivity index (χ4v) is 3.84. The molecule has 0 bridgehead atoms. The number of nitrogens with one attached hydrogen (secondary N) is 1. The first-order chi connectivity index (χ1) is 11.7. The number of carbonyl (C=O) groups is 1. The number of aryl methyl sites for hydroxylation is 1. The van der Waals surface area contributed by atoms with Crippen LogP contribution in [0.15, 0.2) is 48.5 Å². The topological polar surface area (TPSA) is 66.5 Å². The first-order valence-corrected chi connectivity index (χ1v) is 10.1. The zero-order valence-corrected chi connectivity index (χ0v) is 15.9. The van der Waals surface area contributed by atoms with Gasteiger partial charge in [-0.3, -0.25) is 9.10 Å². The van der Waals surface area contributed by atoms with Crippen LogP contribution in [0.25, 0.3) is 0 Å². The Bertz CT molecular complexity index is 851. The Hall–Kier alpha value is -2.05. The van der Waals surface area contributed by atoms with Gasteiger partial charge in [0.05, 0.1) is 22.7 Å². The van der Waals surface area contributed by atoms with Gasteiger partial charge in [-0.1, -0.05) is 42.8 Å². The molecule has 7 heteroatoms. The number of hydrogen-bond acceptors (Lipinski definition) is 3. The van der Waals surface area contributed by atoms with Crippen LogP contribution in [0.2, 0.25) is 5.02 Å². The molecular weight excluding hydrogens is 360 g/mol. The zero-order chi connectivity index (χ0) is 18.6. The molecule has 0 aromatic heterocycles. The van der Waals surface area contributed by atoms with E-state index in [4.69, 9.17) is 11.6 Å². The van der Waals surface area contributed by atoms with Crippen molar-refractivity contribution in [2.75, 3.05) is 15.9 Å². The average Bonchev–Trinajstić information content (AvgIpc) is 2.56. The molecule has 0 aliphatic heterocycles. The Morgan fingerprint density at radius 3 is 2.28 bits per heavy atom. The van der Waals surface area contributed by atoms with Gasteiger partial charge in [0, 0.05) is 0 Å². The molecule has 1 N–H and O–H groups in total. The smallest absolute Gasteiger partial charge is 0.248 e. The molecule has 134 valence electrons. The molecule has 0 saturated heterocycles. The van der Waals surface area contributed by atoms with E-state index in [1.807, 2.05) is 19.1 Å². The molecule has 1 amide bonds. The zero-order valence-electron chi connectivity index (χ0n) is 14.4. The average molecular weight is 381 g/mol. The second-order valence-electron chi connectivity index (χ2n) is 5.72. The predicted octanol–water partition coefficient (Wildman–Crippen LogP) is 3.70. The van der Waals surface area contributed by atoms with Gasteiger partial charge in [0.25, 0.3) is 0 Å². The van der Waals surface area contributed by atoms with Crippen LogP contribution in [-0.4, -0.2) is 26.6 Å². The molecule has 0 heterocycles. The SMILES string of the molecule is CCc1ccc(N([C@H](C)C(=O)Nc2ccccc2Cl)S(C)(=O)=O)cc1. The number of hydrogen-bond donors (Lipinski definition) is 1. The van der Waals surface area contributed by atoms with Crippen molar-refractivity contribution in [1.29, 1.82) is 0 Å². The van der Waals surface area contributed by atoms with Crippen LogP contribution >= 0.6 is 11.6 Å². The van der Waals surface area contributed by atoms with Gasteiger partial charge in [0.15, 0.2) is 0 Å². The Labute approximate surface area is 153 Å². The lowest BCUT2D eigenvalue weighted by atomic mass is 10.1. The molecule has 25 heavy (non-hydrogen) atoms. The van der Waals surface area contributed by atoms with Gasteiger partial charge >= 0.3 is 0 Å². The fraction of sp³-hybridized carbons (Fsp3) is 0.278. The van der Waals surface area contributed by atoms with Crippen LogP contribution in [0.5, 0.6) is 0 Å². The minimum atomic E-state index is -3.64. The normalized spacial score (nSPS) is 12.5. The second kappa shape index (κ2) is 7.89. The van der Waals surface area contributed by atoms with Crippen molar-refractivity contribution in [3.05, 3.63) is 59.1 Å². The van der Waals surface area contributed by atoms with Crippen LogP contribution in [0.3, 0.4) is 0 Å². The van der Waals surface area contributed by atoms with Crippen LogP contribution < -0.4 is 9.62 Å². The molecule has 5 nitrogen and oxygen atoms in total. The maximum Gasteiger partial charge on any atom is 0.248 e. The van der Waals surface area contributed by atoms with Gasteiger partial charge in [0.2, 0.25) is 15.9 Å². The Kier molecular flexibility index (Phi) is 6.08. The third kappa shape index (κ3) is 4.74. The van der Waals surface area contributed by atoms with Crippen molar-refractivity contribution in [3.63, 3.8) is 0 Å². The minimum Gasteiger partial charge on any atom is -0.323 e. The fourth-order valence-electron chi connectivity index (χ4n) is 2.49. The van der Waals surface area contributed by atoms with E-state index >= 15 is 0 Å². The molecule has 0 aliphatic carbocycles. The molecule has 0 saturated carbocycles. The van der Waals surface area contributed by atoms with E-state index in [0.29, 0.717) is 16.4 Å². The number of nitrogens with zero attached hydrogens (tertiary/aromatic N) is 1. The number of anilines is 2. The predicted molar refractivity (Wildman–Crippen MR) is 103 cm³/mol. The van der Waals surface area contributed by atoms with Gasteiger partial charge in [-0.2, -0.15) is 0 Å². The van der Waals surface area contributed by atoms with E-state index in [9.17, 15) is 13.2 Å². The second-order valence-corrected chi connectivity index (χ2v) is 7.99. The van der Waals surface area contributed by atoms with E-state index in [-0.39, 0.29) is 0 Å². The first-order valence-electron chi connectivity index (χ1n) is 7.87. The number of carbonyl (C=O) groups excluding carboxylic acids is 1. The lowest BCUT2D eigenvalue weighted by Gasteiger charge is -2.28. The van der Waals surface area contributed by atoms with Crippen molar-refractivity contribution >= 4 is 38.9 Å². The number of rotatable bonds is 6. The maximum atomic E-state index is 12.6. The molecule has 0 aliphatic rings. The van der Waals surface area contributed by atoms with E-state index in [0.717, 1.165) is 22.5 Å². The standard InChI is InChI=1S/C18H21ClN2O3S/c1-4-14-9-11-15(12-10-14)21(25(3,23)24)13(2)18(22)20-17-8-6-5-7-16(17)19/h5-13H,4H2,1-3H3,(H,20,22)/t13-/m1/s1. The Balaban J connectivity index is 2.31. The first kappa shape index (κ1) is 19.3. The van der Waals surface area contributed by atoms with Crippen molar-refractivity contribution in [2.24, 2.45) is 0 Å². The summed E-state index contributed by atoms with van der Waals surface area (Å²) in [5.74, 6) is -0.460. The summed E-state index contributed by atoms with van der Waals surface area (Å²) in [4.78, 5) is 12.6. The lowest BCUT2D eigenvalue weighted by molar-refractivity contribution is -0.116. The third-order valence-electron chi connectivity index (χ3n) is 3.82. The largest absolute Gasteiger partial charge is 0.323 e. The molecule has 0 unspecified atom stereocenters. The summed E-state index contributed by atoms with van der Waals surface area (Å²) in [6.07, 6.45) is 1.93. The summed E-state index contributed by atoms with van der Waals surface area (Å²) >= 11 is 6.05. The van der Waals surface area contributed by atoms with E-state index in [1.54, 1.807) is 43.3 Å². The summed E-state index contributed by atoms with van der Waals surface area (Å²) in [5.41, 5.74) is 1.97. The number of para-hydroxylation sites is 1. The summed E-state index contributed by atoms with van der Waals surface area (Å²) in [6.45, 7) is 3.56. The quantitative estimate of drug-likeness (QED) is 0.830. The number of amides is 1. The number of halogens is 1. The van der Waals surface area contributed by atoms with E-state index < -0.39 is 22.0 Å². The number of sulfonamides is 1. The van der Waals surface area contributed by atoms with Gasteiger partial charge in [-0.05, 0) is 43.2 Å². The molecule has 0 fully saturated rings. The minimum absolute atomic E-state index is 0.390. The van der Waals surface area contributed by atoms with Crippen molar-refractivity contribution < 1.29 is 13.2 Å². The number of benzene rings is 2. The molecule has 2 aromatic rings. The summed E-state index contributed by atoms with van der Waals surface area (Å²) < 4.78 is 25.7. The monoisotopic (exact) mass is 380 g/mol. The van der Waals surface area contributed by atoms with Crippen LogP contribution in [0.1, 0.15) is 19.4 Å². The Morgan fingerprint density at radius 1 is 1.16 bits per heavy atom. The maximum absolute atomic E-state index is 12.6. The van der Waals surface area contributed by atoms with Crippen molar-refractivity contribution in [1.82, 2.24) is 0 Å². The molecular formula is C18H21ClN2O3S. The molecule has 2 rings (SSSR count). The highest BCUT2D eigenvalue weighted by molar-refractivity contribution is 7.92. The highest BCUT2D eigenvalue weighted by Gasteiger charge is 2.29. The highest BCUT2D eigenvalue weighted by Crippen LogP contribution is 2.24. The summed E-state index contributed by atoms with van der Waals surface area (Å²) in [7, 11) is -3.64. The Morgan fingerprint density at radius 2 is 1.76 bits per heavy atom. The van der Waals surface area contributed by atoms with Gasteiger partial charge in [0.1, 0.15) is 6.04 Å². The van der Waals surface area contributed by atoms with Crippen LogP contribution in [-0.2, 0) is 21.2 Å². The highest BCUT2D eigenvalue weighted by atomic mass is 35.5. The van der Waals surface area contributed by atoms with Gasteiger partial charge in [-0.15, -0.1) is 0 Å². The van der Waals surface area contributed by atoms with Crippen molar-refractivity contribution in [2.45, 2.75) is 26.3 Å². The molecule has 0 spiro atoms. The van der Waals surface area contributed by atoms with E-state index in [2.05, 4.69) is 5.32 Å². The lowest BCUT2D eigenvalue weighted by Crippen LogP contribution is -2.45. The van der Waals surface area contributed by atoms with Gasteiger partial charge < -0.3 is 5.32 Å². The summed E-state index contributed by atoms with van der Waals surface area (Å²) in [5, 5.41) is 3.07. The molecule has 2 aromatic carbocycles. The van der Waals surface area contributed by atoms with E-state index in [1.165, 1.54) is 0 Å². The molecule has 0 radical (unpaired) electrons.